The Morgan fingerprint density at radius 2 is 2.08 bits per heavy atom. The van der Waals surface area contributed by atoms with Crippen LogP contribution in [0.4, 0.5) is 0 Å². The lowest BCUT2D eigenvalue weighted by atomic mass is 10.0. The van der Waals surface area contributed by atoms with Crippen LogP contribution in [0.2, 0.25) is 0 Å². The van der Waals surface area contributed by atoms with Crippen LogP contribution >= 0.6 is 0 Å². The van der Waals surface area contributed by atoms with E-state index in [0.717, 1.165) is 10.9 Å². The molecule has 0 bridgehead atoms. The zero-order valence-corrected chi connectivity index (χ0v) is 15.1. The maximum atomic E-state index is 12.0. The number of carbonyl (C=O) groups is 2. The number of benzene rings is 1. The van der Waals surface area contributed by atoms with Gasteiger partial charge in [0.2, 0.25) is 0 Å². The Kier molecular flexibility index (Phi) is 6.38. The van der Waals surface area contributed by atoms with Gasteiger partial charge in [-0.15, -0.1) is 0 Å². The molecule has 1 aromatic heterocycles. The number of aryl methyl sites for hydroxylation is 2. The summed E-state index contributed by atoms with van der Waals surface area (Å²) < 4.78 is 11.0. The smallest absolute Gasteiger partial charge is 0.336 e. The van der Waals surface area contributed by atoms with Gasteiger partial charge in [-0.05, 0) is 50.8 Å². The van der Waals surface area contributed by atoms with Gasteiger partial charge in [0.1, 0.15) is 11.3 Å². The van der Waals surface area contributed by atoms with Gasteiger partial charge in [0.05, 0.1) is 0 Å². The van der Waals surface area contributed by atoms with Crippen molar-refractivity contribution in [1.82, 2.24) is 5.32 Å². The van der Waals surface area contributed by atoms with Crippen LogP contribution in [0, 0.1) is 6.92 Å². The number of fused-ring (bicyclic) bond motifs is 1. The molecule has 2 rings (SSSR count). The van der Waals surface area contributed by atoms with E-state index in [2.05, 4.69) is 5.32 Å². The number of ether oxygens (including phenoxy) is 1. The first-order valence-corrected chi connectivity index (χ1v) is 8.54. The maximum absolute atomic E-state index is 12.0. The SMILES string of the molecule is CCc1cc(=O)oc2c(C)c(O[C@H](C)C(=O)NCCCC(=O)[O-])ccc12. The van der Waals surface area contributed by atoms with Crippen molar-refractivity contribution in [3.05, 3.63) is 39.7 Å². The molecule has 1 heterocycles. The first-order valence-electron chi connectivity index (χ1n) is 8.54. The summed E-state index contributed by atoms with van der Waals surface area (Å²) >= 11 is 0. The van der Waals surface area contributed by atoms with Crippen LogP contribution in [0.1, 0.15) is 37.8 Å². The third-order valence-electron chi connectivity index (χ3n) is 4.11. The summed E-state index contributed by atoms with van der Waals surface area (Å²) in [5.74, 6) is -1.05. The highest BCUT2D eigenvalue weighted by molar-refractivity contribution is 5.85. The highest BCUT2D eigenvalue weighted by Crippen LogP contribution is 2.29. The Morgan fingerprint density at radius 3 is 2.73 bits per heavy atom. The minimum Gasteiger partial charge on any atom is -0.550 e. The normalized spacial score (nSPS) is 12.0. The van der Waals surface area contributed by atoms with Crippen molar-refractivity contribution in [2.75, 3.05) is 6.54 Å². The molecule has 0 saturated heterocycles. The van der Waals surface area contributed by atoms with Gasteiger partial charge in [-0.1, -0.05) is 6.92 Å². The summed E-state index contributed by atoms with van der Waals surface area (Å²) in [5.41, 5.74) is 1.57. The first kappa shape index (κ1) is 19.5. The van der Waals surface area contributed by atoms with Crippen LogP contribution in [-0.2, 0) is 16.0 Å². The predicted octanol–water partition coefficient (Wildman–Crippen LogP) is 1.08. The molecule has 26 heavy (non-hydrogen) atoms. The molecule has 1 aromatic carbocycles. The number of nitrogens with one attached hydrogen (secondary N) is 1. The minimum atomic E-state index is -1.15. The lowest BCUT2D eigenvalue weighted by Gasteiger charge is -2.17. The number of amides is 1. The number of carboxylic acids is 1. The number of aliphatic carboxylic acids is 1. The molecular formula is C19H22NO6-. The number of hydrogen-bond acceptors (Lipinski definition) is 6. The van der Waals surface area contributed by atoms with Gasteiger partial charge in [-0.3, -0.25) is 4.79 Å². The zero-order valence-electron chi connectivity index (χ0n) is 15.1. The number of rotatable bonds is 8. The van der Waals surface area contributed by atoms with E-state index in [1.165, 1.54) is 6.07 Å². The summed E-state index contributed by atoms with van der Waals surface area (Å²) in [4.78, 5) is 34.1. The monoisotopic (exact) mass is 360 g/mol. The van der Waals surface area contributed by atoms with E-state index in [0.29, 0.717) is 29.7 Å². The van der Waals surface area contributed by atoms with Gasteiger partial charge in [0, 0.05) is 29.5 Å². The topological polar surface area (TPSA) is 109 Å². The van der Waals surface area contributed by atoms with Crippen LogP contribution in [0.5, 0.6) is 5.75 Å². The van der Waals surface area contributed by atoms with E-state index < -0.39 is 17.7 Å². The van der Waals surface area contributed by atoms with E-state index in [1.807, 2.05) is 13.0 Å². The predicted molar refractivity (Wildman–Crippen MR) is 93.9 cm³/mol. The van der Waals surface area contributed by atoms with Gasteiger partial charge in [0.15, 0.2) is 6.10 Å². The molecule has 1 atom stereocenters. The number of carboxylic acid groups (broad SMARTS) is 1. The second-order valence-electron chi connectivity index (χ2n) is 6.04. The third-order valence-corrected chi connectivity index (χ3v) is 4.11. The van der Waals surface area contributed by atoms with Crippen LogP contribution in [0.15, 0.2) is 27.4 Å². The molecule has 0 spiro atoms. The minimum absolute atomic E-state index is 0.113. The van der Waals surface area contributed by atoms with Crippen molar-refractivity contribution in [2.24, 2.45) is 0 Å². The van der Waals surface area contributed by atoms with E-state index in [-0.39, 0.29) is 18.9 Å². The van der Waals surface area contributed by atoms with Crippen molar-refractivity contribution in [1.29, 1.82) is 0 Å². The first-order chi connectivity index (χ1) is 12.3. The largest absolute Gasteiger partial charge is 0.550 e. The molecule has 7 nitrogen and oxygen atoms in total. The van der Waals surface area contributed by atoms with Gasteiger partial charge >= 0.3 is 5.63 Å². The van der Waals surface area contributed by atoms with Crippen LogP contribution < -0.4 is 20.8 Å². The molecule has 1 N–H and O–H groups in total. The Hall–Kier alpha value is -2.83. The Labute approximate surface area is 151 Å². The lowest BCUT2D eigenvalue weighted by Crippen LogP contribution is -2.37. The molecule has 0 saturated carbocycles. The zero-order chi connectivity index (χ0) is 19.3. The summed E-state index contributed by atoms with van der Waals surface area (Å²) in [5, 5.41) is 13.8. The average molecular weight is 360 g/mol. The van der Waals surface area contributed by atoms with Crippen molar-refractivity contribution in [3.63, 3.8) is 0 Å². The Morgan fingerprint density at radius 1 is 1.35 bits per heavy atom. The summed E-state index contributed by atoms with van der Waals surface area (Å²) in [7, 11) is 0. The van der Waals surface area contributed by atoms with Crippen LogP contribution in [-0.4, -0.2) is 24.5 Å². The van der Waals surface area contributed by atoms with Crippen molar-refractivity contribution < 1.29 is 23.8 Å². The van der Waals surface area contributed by atoms with Crippen LogP contribution in [0.25, 0.3) is 11.0 Å². The fourth-order valence-electron chi connectivity index (χ4n) is 2.66. The molecular weight excluding hydrogens is 338 g/mol. The number of hydrogen-bond donors (Lipinski definition) is 1. The molecule has 1 amide bonds. The fourth-order valence-corrected chi connectivity index (χ4v) is 2.66. The Bertz CT molecular complexity index is 870. The molecule has 0 aliphatic heterocycles. The van der Waals surface area contributed by atoms with Crippen molar-refractivity contribution in [2.45, 2.75) is 46.1 Å². The summed E-state index contributed by atoms with van der Waals surface area (Å²) in [6.45, 7) is 5.55. The van der Waals surface area contributed by atoms with E-state index in [4.69, 9.17) is 9.15 Å². The van der Waals surface area contributed by atoms with E-state index >= 15 is 0 Å². The van der Waals surface area contributed by atoms with Crippen molar-refractivity contribution >= 4 is 22.8 Å². The fraction of sp³-hybridized carbons (Fsp3) is 0.421. The highest BCUT2D eigenvalue weighted by Gasteiger charge is 2.17. The molecule has 140 valence electrons. The quantitative estimate of drug-likeness (QED) is 0.557. The van der Waals surface area contributed by atoms with Crippen molar-refractivity contribution in [3.8, 4) is 5.75 Å². The molecule has 7 heteroatoms. The summed E-state index contributed by atoms with van der Waals surface area (Å²) in [6, 6.07) is 5.03. The van der Waals surface area contributed by atoms with Gasteiger partial charge in [0.25, 0.3) is 5.91 Å². The third kappa shape index (κ3) is 4.62. The maximum Gasteiger partial charge on any atom is 0.336 e. The Balaban J connectivity index is 2.12. The average Bonchev–Trinajstić information content (AvgIpc) is 2.60. The number of carbonyl (C=O) groups excluding carboxylic acids is 2. The van der Waals surface area contributed by atoms with E-state index in [1.54, 1.807) is 19.9 Å². The van der Waals surface area contributed by atoms with Gasteiger partial charge in [-0.25, -0.2) is 4.79 Å². The van der Waals surface area contributed by atoms with Gasteiger partial charge < -0.3 is 24.4 Å². The summed E-state index contributed by atoms with van der Waals surface area (Å²) in [6.07, 6.45) is 0.0980. The lowest BCUT2D eigenvalue weighted by molar-refractivity contribution is -0.305. The molecule has 2 aromatic rings. The van der Waals surface area contributed by atoms with Gasteiger partial charge in [-0.2, -0.15) is 0 Å². The highest BCUT2D eigenvalue weighted by atomic mass is 16.5. The molecule has 0 aliphatic rings. The second-order valence-corrected chi connectivity index (χ2v) is 6.04. The standard InChI is InChI=1S/C19H23NO6/c1-4-13-10-17(23)26-18-11(2)15(8-7-14(13)18)25-12(3)19(24)20-9-5-6-16(21)22/h7-8,10,12H,4-6,9H2,1-3H3,(H,20,24)(H,21,22)/p-1/t12-/m1/s1. The molecule has 0 radical (unpaired) electrons. The van der Waals surface area contributed by atoms with E-state index in [9.17, 15) is 19.5 Å². The molecule has 0 aliphatic carbocycles. The molecule has 0 unspecified atom stereocenters. The molecule has 0 fully saturated rings. The van der Waals surface area contributed by atoms with Crippen LogP contribution in [0.3, 0.4) is 0 Å². The second kappa shape index (κ2) is 8.51.